The lowest BCUT2D eigenvalue weighted by Gasteiger charge is -2.08. The minimum Gasteiger partial charge on any atom is -0.506 e. The molecule has 0 atom stereocenters. The lowest BCUT2D eigenvalue weighted by molar-refractivity contribution is 0.461. The first-order valence-electron chi connectivity index (χ1n) is 5.69. The first-order chi connectivity index (χ1) is 9.08. The SMILES string of the molecule is Oc1c(Br)cccc1CNCc1ccc(F)c(F)c1. The molecule has 2 nitrogen and oxygen atoms in total. The van der Waals surface area contributed by atoms with Gasteiger partial charge in [0.05, 0.1) is 4.47 Å². The summed E-state index contributed by atoms with van der Waals surface area (Å²) in [5.74, 6) is -1.53. The Morgan fingerprint density at radius 1 is 1.05 bits per heavy atom. The van der Waals surface area contributed by atoms with Gasteiger partial charge in [-0.15, -0.1) is 0 Å². The van der Waals surface area contributed by atoms with E-state index >= 15 is 0 Å². The third kappa shape index (κ3) is 3.52. The largest absolute Gasteiger partial charge is 0.506 e. The smallest absolute Gasteiger partial charge is 0.159 e. The molecular formula is C14H12BrF2NO. The highest BCUT2D eigenvalue weighted by molar-refractivity contribution is 9.10. The average molecular weight is 328 g/mol. The number of phenols is 1. The van der Waals surface area contributed by atoms with Crippen LogP contribution in [0.15, 0.2) is 40.9 Å². The molecule has 2 N–H and O–H groups in total. The summed E-state index contributed by atoms with van der Waals surface area (Å²) in [6.45, 7) is 0.827. The summed E-state index contributed by atoms with van der Waals surface area (Å²) in [6, 6.07) is 9.13. The highest BCUT2D eigenvalue weighted by Crippen LogP contribution is 2.27. The van der Waals surface area contributed by atoms with Crippen LogP contribution in [0, 0.1) is 11.6 Å². The second kappa shape index (κ2) is 6.12. The van der Waals surface area contributed by atoms with Crippen LogP contribution in [0.2, 0.25) is 0 Å². The zero-order valence-electron chi connectivity index (χ0n) is 9.96. The quantitative estimate of drug-likeness (QED) is 0.896. The summed E-state index contributed by atoms with van der Waals surface area (Å²) in [5, 5.41) is 12.8. The van der Waals surface area contributed by atoms with Gasteiger partial charge in [0.15, 0.2) is 11.6 Å². The molecule has 0 saturated carbocycles. The Morgan fingerprint density at radius 3 is 2.58 bits per heavy atom. The number of aromatic hydroxyl groups is 1. The maximum absolute atomic E-state index is 13.0. The molecule has 0 radical (unpaired) electrons. The van der Waals surface area contributed by atoms with E-state index < -0.39 is 11.6 Å². The number of para-hydroxylation sites is 1. The Hall–Kier alpha value is -1.46. The van der Waals surface area contributed by atoms with Gasteiger partial charge in [-0.1, -0.05) is 18.2 Å². The number of hydrogen-bond acceptors (Lipinski definition) is 2. The molecule has 0 unspecified atom stereocenters. The maximum Gasteiger partial charge on any atom is 0.159 e. The minimum atomic E-state index is -0.857. The lowest BCUT2D eigenvalue weighted by atomic mass is 10.2. The van der Waals surface area contributed by atoms with Gasteiger partial charge in [-0.25, -0.2) is 8.78 Å². The molecule has 0 amide bonds. The van der Waals surface area contributed by atoms with E-state index in [2.05, 4.69) is 21.2 Å². The van der Waals surface area contributed by atoms with Crippen LogP contribution in [0.25, 0.3) is 0 Å². The second-order valence-electron chi connectivity index (χ2n) is 4.10. The van der Waals surface area contributed by atoms with Crippen molar-refractivity contribution in [2.75, 3.05) is 0 Å². The molecule has 0 bridgehead atoms. The van der Waals surface area contributed by atoms with Gasteiger partial charge in [0.25, 0.3) is 0 Å². The molecule has 0 spiro atoms. The zero-order chi connectivity index (χ0) is 13.8. The Labute approximate surface area is 118 Å². The second-order valence-corrected chi connectivity index (χ2v) is 4.95. The first kappa shape index (κ1) is 14.0. The Bertz CT molecular complexity index is 590. The Kier molecular flexibility index (Phi) is 4.50. The third-order valence-corrected chi connectivity index (χ3v) is 3.34. The Morgan fingerprint density at radius 2 is 1.84 bits per heavy atom. The van der Waals surface area contributed by atoms with E-state index in [4.69, 9.17) is 0 Å². The predicted octanol–water partition coefficient (Wildman–Crippen LogP) is 3.72. The van der Waals surface area contributed by atoms with Crippen LogP contribution in [-0.2, 0) is 13.1 Å². The molecule has 0 aromatic heterocycles. The van der Waals surface area contributed by atoms with Gasteiger partial charge >= 0.3 is 0 Å². The third-order valence-electron chi connectivity index (χ3n) is 2.70. The molecule has 19 heavy (non-hydrogen) atoms. The van der Waals surface area contributed by atoms with Crippen molar-refractivity contribution in [2.45, 2.75) is 13.1 Å². The maximum atomic E-state index is 13.0. The van der Waals surface area contributed by atoms with Gasteiger partial charge in [-0.3, -0.25) is 0 Å². The van der Waals surface area contributed by atoms with Crippen LogP contribution in [-0.4, -0.2) is 5.11 Å². The monoisotopic (exact) mass is 327 g/mol. The molecule has 0 aliphatic heterocycles. The Balaban J connectivity index is 1.96. The van der Waals surface area contributed by atoms with Crippen LogP contribution in [0.5, 0.6) is 5.75 Å². The van der Waals surface area contributed by atoms with Crippen molar-refractivity contribution in [3.63, 3.8) is 0 Å². The van der Waals surface area contributed by atoms with Gasteiger partial charge in [-0.05, 0) is 39.7 Å². The van der Waals surface area contributed by atoms with Gasteiger partial charge < -0.3 is 10.4 Å². The standard InChI is InChI=1S/C14H12BrF2NO/c15-11-3-1-2-10(14(11)19)8-18-7-9-4-5-12(16)13(17)6-9/h1-6,18-19H,7-8H2. The summed E-state index contributed by atoms with van der Waals surface area (Å²) < 4.78 is 26.4. The van der Waals surface area contributed by atoms with Gasteiger partial charge in [0.2, 0.25) is 0 Å². The molecule has 0 heterocycles. The average Bonchev–Trinajstić information content (AvgIpc) is 2.39. The van der Waals surface area contributed by atoms with E-state index in [1.54, 1.807) is 12.1 Å². The van der Waals surface area contributed by atoms with Gasteiger partial charge in [0, 0.05) is 18.7 Å². The van der Waals surface area contributed by atoms with Crippen LogP contribution in [0.3, 0.4) is 0 Å². The minimum absolute atomic E-state index is 0.181. The number of halogens is 3. The van der Waals surface area contributed by atoms with Crippen LogP contribution in [0.4, 0.5) is 8.78 Å². The highest BCUT2D eigenvalue weighted by Gasteiger charge is 2.05. The lowest BCUT2D eigenvalue weighted by Crippen LogP contribution is -2.13. The van der Waals surface area contributed by atoms with Crippen molar-refractivity contribution in [1.29, 1.82) is 0 Å². The van der Waals surface area contributed by atoms with Gasteiger partial charge in [0.1, 0.15) is 5.75 Å². The first-order valence-corrected chi connectivity index (χ1v) is 6.48. The van der Waals surface area contributed by atoms with Crippen LogP contribution >= 0.6 is 15.9 Å². The summed E-state index contributed by atoms with van der Waals surface area (Å²) in [7, 11) is 0. The van der Waals surface area contributed by atoms with E-state index in [-0.39, 0.29) is 5.75 Å². The zero-order valence-corrected chi connectivity index (χ0v) is 11.5. The van der Waals surface area contributed by atoms with Crippen molar-refractivity contribution in [1.82, 2.24) is 5.32 Å². The number of phenolic OH excluding ortho intramolecular Hbond substituents is 1. The van der Waals surface area contributed by atoms with E-state index in [9.17, 15) is 13.9 Å². The van der Waals surface area contributed by atoms with E-state index in [0.29, 0.717) is 23.1 Å². The number of benzene rings is 2. The fraction of sp³-hybridized carbons (Fsp3) is 0.143. The molecule has 2 aromatic rings. The van der Waals surface area contributed by atoms with Crippen molar-refractivity contribution in [2.24, 2.45) is 0 Å². The van der Waals surface area contributed by atoms with E-state index in [0.717, 1.165) is 17.7 Å². The van der Waals surface area contributed by atoms with Crippen molar-refractivity contribution in [3.8, 4) is 5.75 Å². The highest BCUT2D eigenvalue weighted by atomic mass is 79.9. The van der Waals surface area contributed by atoms with Crippen molar-refractivity contribution in [3.05, 3.63) is 63.6 Å². The summed E-state index contributed by atoms with van der Waals surface area (Å²) >= 11 is 3.23. The molecule has 0 aliphatic carbocycles. The molecule has 2 aromatic carbocycles. The van der Waals surface area contributed by atoms with Crippen LogP contribution in [0.1, 0.15) is 11.1 Å². The van der Waals surface area contributed by atoms with Crippen molar-refractivity contribution < 1.29 is 13.9 Å². The molecule has 0 aliphatic rings. The number of rotatable bonds is 4. The molecule has 2 rings (SSSR count). The topological polar surface area (TPSA) is 32.3 Å². The molecular weight excluding hydrogens is 316 g/mol. The number of nitrogens with one attached hydrogen (secondary N) is 1. The van der Waals surface area contributed by atoms with Gasteiger partial charge in [-0.2, -0.15) is 0 Å². The number of hydrogen-bond donors (Lipinski definition) is 2. The summed E-state index contributed by atoms with van der Waals surface area (Å²) in [6.07, 6.45) is 0. The van der Waals surface area contributed by atoms with Crippen LogP contribution < -0.4 is 5.32 Å². The van der Waals surface area contributed by atoms with E-state index in [1.807, 2.05) is 6.07 Å². The summed E-state index contributed by atoms with van der Waals surface area (Å²) in [4.78, 5) is 0. The fourth-order valence-corrected chi connectivity index (χ4v) is 2.10. The molecule has 0 fully saturated rings. The fourth-order valence-electron chi connectivity index (χ4n) is 1.69. The normalized spacial score (nSPS) is 10.7. The van der Waals surface area contributed by atoms with Crippen molar-refractivity contribution >= 4 is 15.9 Å². The molecule has 0 saturated heterocycles. The summed E-state index contributed by atoms with van der Waals surface area (Å²) in [5.41, 5.74) is 1.38. The molecule has 5 heteroatoms. The molecule has 100 valence electrons. The predicted molar refractivity (Wildman–Crippen MR) is 72.7 cm³/mol. The van der Waals surface area contributed by atoms with E-state index in [1.165, 1.54) is 6.07 Å².